The lowest BCUT2D eigenvalue weighted by Gasteiger charge is -2.06. The zero-order valence-corrected chi connectivity index (χ0v) is 17.4. The second-order valence-electron chi connectivity index (χ2n) is 7.06. The summed E-state index contributed by atoms with van der Waals surface area (Å²) in [5.74, 6) is 0.261. The summed E-state index contributed by atoms with van der Waals surface area (Å²) in [5.41, 5.74) is 2.76. The lowest BCUT2D eigenvalue weighted by molar-refractivity contribution is -0.111. The van der Waals surface area contributed by atoms with Crippen LogP contribution in [0.15, 0.2) is 91.3 Å². The van der Waals surface area contributed by atoms with E-state index in [1.165, 1.54) is 6.08 Å². The van der Waals surface area contributed by atoms with Gasteiger partial charge in [0.1, 0.15) is 5.75 Å². The van der Waals surface area contributed by atoms with Gasteiger partial charge in [0.15, 0.2) is 0 Å². The van der Waals surface area contributed by atoms with Crippen LogP contribution in [-0.4, -0.2) is 23.9 Å². The van der Waals surface area contributed by atoms with Gasteiger partial charge < -0.3 is 15.4 Å². The van der Waals surface area contributed by atoms with Crippen molar-refractivity contribution in [2.24, 2.45) is 0 Å². The highest BCUT2D eigenvalue weighted by Gasteiger charge is 2.06. The molecule has 2 amide bonds. The standard InChI is InChI=1S/C26H21N3O3/c1-32-24-11-6-19(7-12-24)26(31)29-22-8-2-18(3-9-22)4-13-25(30)28-23-10-5-21-17-27-15-14-20(21)16-23/h2-17H,1H3,(H,28,30)(H,29,31)/b13-4+. The summed E-state index contributed by atoms with van der Waals surface area (Å²) in [7, 11) is 1.58. The normalized spacial score (nSPS) is 10.8. The SMILES string of the molecule is COc1ccc(C(=O)Nc2ccc(/C=C/C(=O)Nc3ccc4cnccc4c3)cc2)cc1. The number of rotatable bonds is 6. The number of fused-ring (bicyclic) bond motifs is 1. The molecule has 0 aliphatic carbocycles. The Hall–Kier alpha value is -4.45. The molecular formula is C26H21N3O3. The van der Waals surface area contributed by atoms with Gasteiger partial charge in [0.05, 0.1) is 7.11 Å². The number of methoxy groups -OCH3 is 1. The Bertz CT molecular complexity index is 1280. The number of hydrogen-bond acceptors (Lipinski definition) is 4. The number of ether oxygens (including phenoxy) is 1. The number of carbonyl (C=O) groups excluding carboxylic acids is 2. The summed E-state index contributed by atoms with van der Waals surface area (Å²) in [6.45, 7) is 0. The smallest absolute Gasteiger partial charge is 0.255 e. The van der Waals surface area contributed by atoms with Crippen molar-refractivity contribution in [3.05, 3.63) is 102 Å². The van der Waals surface area contributed by atoms with Crippen molar-refractivity contribution in [2.75, 3.05) is 17.7 Å². The molecular weight excluding hydrogens is 402 g/mol. The van der Waals surface area contributed by atoms with Crippen LogP contribution >= 0.6 is 0 Å². The van der Waals surface area contributed by atoms with Crippen LogP contribution in [-0.2, 0) is 4.79 Å². The topological polar surface area (TPSA) is 80.3 Å². The van der Waals surface area contributed by atoms with Gasteiger partial charge in [0, 0.05) is 40.8 Å². The highest BCUT2D eigenvalue weighted by molar-refractivity contribution is 6.05. The first kappa shape index (κ1) is 20.8. The first-order valence-electron chi connectivity index (χ1n) is 9.99. The van der Waals surface area contributed by atoms with Crippen molar-refractivity contribution < 1.29 is 14.3 Å². The van der Waals surface area contributed by atoms with Crippen LogP contribution in [0.5, 0.6) is 5.75 Å². The molecule has 0 bridgehead atoms. The van der Waals surface area contributed by atoms with Crippen molar-refractivity contribution >= 4 is 40.0 Å². The lowest BCUT2D eigenvalue weighted by atomic mass is 10.1. The Morgan fingerprint density at radius 3 is 2.34 bits per heavy atom. The van der Waals surface area contributed by atoms with E-state index in [1.807, 2.05) is 36.4 Å². The molecule has 4 aromatic rings. The van der Waals surface area contributed by atoms with E-state index in [-0.39, 0.29) is 11.8 Å². The number of carbonyl (C=O) groups is 2. The zero-order valence-electron chi connectivity index (χ0n) is 17.4. The van der Waals surface area contributed by atoms with E-state index in [0.29, 0.717) is 17.0 Å². The molecule has 0 aliphatic heterocycles. The number of nitrogens with zero attached hydrogens (tertiary/aromatic N) is 1. The van der Waals surface area contributed by atoms with Crippen LogP contribution in [0, 0.1) is 0 Å². The van der Waals surface area contributed by atoms with Gasteiger partial charge in [0.2, 0.25) is 5.91 Å². The van der Waals surface area contributed by atoms with E-state index in [4.69, 9.17) is 4.74 Å². The maximum atomic E-state index is 12.3. The molecule has 4 rings (SSSR count). The molecule has 6 nitrogen and oxygen atoms in total. The predicted octanol–water partition coefficient (Wildman–Crippen LogP) is 5.15. The third-order valence-corrected chi connectivity index (χ3v) is 4.86. The van der Waals surface area contributed by atoms with Gasteiger partial charge in [-0.05, 0) is 71.6 Å². The average molecular weight is 423 g/mol. The van der Waals surface area contributed by atoms with Gasteiger partial charge in [-0.3, -0.25) is 14.6 Å². The molecule has 1 heterocycles. The fourth-order valence-corrected chi connectivity index (χ4v) is 3.14. The summed E-state index contributed by atoms with van der Waals surface area (Å²) in [4.78, 5) is 28.7. The Kier molecular flexibility index (Phi) is 6.22. The predicted molar refractivity (Wildman–Crippen MR) is 127 cm³/mol. The number of aromatic nitrogens is 1. The summed E-state index contributed by atoms with van der Waals surface area (Å²) < 4.78 is 5.10. The molecule has 3 aromatic carbocycles. The van der Waals surface area contributed by atoms with Crippen LogP contribution in [0.2, 0.25) is 0 Å². The zero-order chi connectivity index (χ0) is 22.3. The molecule has 0 saturated heterocycles. The van der Waals surface area contributed by atoms with Crippen LogP contribution < -0.4 is 15.4 Å². The molecule has 0 radical (unpaired) electrons. The molecule has 32 heavy (non-hydrogen) atoms. The van der Waals surface area contributed by atoms with Crippen LogP contribution in [0.25, 0.3) is 16.8 Å². The minimum absolute atomic E-state index is 0.207. The highest BCUT2D eigenvalue weighted by atomic mass is 16.5. The molecule has 6 heteroatoms. The molecule has 0 atom stereocenters. The molecule has 0 saturated carbocycles. The average Bonchev–Trinajstić information content (AvgIpc) is 2.83. The van der Waals surface area contributed by atoms with Gasteiger partial charge in [-0.1, -0.05) is 18.2 Å². The number of nitrogens with one attached hydrogen (secondary N) is 2. The molecule has 0 unspecified atom stereocenters. The molecule has 0 spiro atoms. The van der Waals surface area contributed by atoms with Crippen molar-refractivity contribution in [3.8, 4) is 5.75 Å². The van der Waals surface area contributed by atoms with Crippen molar-refractivity contribution in [1.82, 2.24) is 4.98 Å². The Labute approximate surface area is 185 Å². The monoisotopic (exact) mass is 423 g/mol. The molecule has 1 aromatic heterocycles. The van der Waals surface area contributed by atoms with Crippen LogP contribution in [0.4, 0.5) is 11.4 Å². The van der Waals surface area contributed by atoms with Crippen molar-refractivity contribution in [2.45, 2.75) is 0 Å². The minimum atomic E-state index is -0.227. The van der Waals surface area contributed by atoms with E-state index in [2.05, 4.69) is 15.6 Å². The van der Waals surface area contributed by atoms with E-state index in [9.17, 15) is 9.59 Å². The third kappa shape index (κ3) is 5.17. The Balaban J connectivity index is 1.34. The second-order valence-corrected chi connectivity index (χ2v) is 7.06. The second kappa shape index (κ2) is 9.57. The lowest BCUT2D eigenvalue weighted by Crippen LogP contribution is -2.11. The summed E-state index contributed by atoms with van der Waals surface area (Å²) in [6.07, 6.45) is 6.69. The van der Waals surface area contributed by atoms with E-state index in [1.54, 1.807) is 62.0 Å². The number of pyridine rings is 1. The quantitative estimate of drug-likeness (QED) is 0.421. The van der Waals surface area contributed by atoms with Crippen LogP contribution in [0.1, 0.15) is 15.9 Å². The summed E-state index contributed by atoms with van der Waals surface area (Å²) in [5, 5.41) is 7.73. The highest BCUT2D eigenvalue weighted by Crippen LogP contribution is 2.18. The molecule has 0 fully saturated rings. The maximum Gasteiger partial charge on any atom is 0.255 e. The number of amides is 2. The fourth-order valence-electron chi connectivity index (χ4n) is 3.14. The van der Waals surface area contributed by atoms with E-state index in [0.717, 1.165) is 22.0 Å². The number of benzene rings is 3. The van der Waals surface area contributed by atoms with Crippen molar-refractivity contribution in [3.63, 3.8) is 0 Å². The maximum absolute atomic E-state index is 12.3. The van der Waals surface area contributed by atoms with Gasteiger partial charge in [0.25, 0.3) is 5.91 Å². The number of anilines is 2. The molecule has 0 aliphatic rings. The van der Waals surface area contributed by atoms with Gasteiger partial charge >= 0.3 is 0 Å². The first-order valence-corrected chi connectivity index (χ1v) is 9.99. The molecule has 2 N–H and O–H groups in total. The largest absolute Gasteiger partial charge is 0.497 e. The fraction of sp³-hybridized carbons (Fsp3) is 0.0385. The Morgan fingerprint density at radius 1 is 0.844 bits per heavy atom. The first-order chi connectivity index (χ1) is 15.6. The third-order valence-electron chi connectivity index (χ3n) is 4.86. The van der Waals surface area contributed by atoms with Crippen LogP contribution in [0.3, 0.4) is 0 Å². The Morgan fingerprint density at radius 2 is 1.59 bits per heavy atom. The summed E-state index contributed by atoms with van der Waals surface area (Å²) in [6, 6.07) is 21.7. The van der Waals surface area contributed by atoms with E-state index >= 15 is 0 Å². The van der Waals surface area contributed by atoms with Crippen molar-refractivity contribution in [1.29, 1.82) is 0 Å². The van der Waals surface area contributed by atoms with Gasteiger partial charge in [-0.2, -0.15) is 0 Å². The number of hydrogen-bond donors (Lipinski definition) is 2. The molecule has 158 valence electrons. The van der Waals surface area contributed by atoms with Gasteiger partial charge in [-0.25, -0.2) is 0 Å². The minimum Gasteiger partial charge on any atom is -0.497 e. The van der Waals surface area contributed by atoms with E-state index < -0.39 is 0 Å². The van der Waals surface area contributed by atoms with Gasteiger partial charge in [-0.15, -0.1) is 0 Å². The summed E-state index contributed by atoms with van der Waals surface area (Å²) >= 11 is 0.